The first-order valence-corrected chi connectivity index (χ1v) is 5.59. The molecule has 0 aliphatic rings. The lowest BCUT2D eigenvalue weighted by Crippen LogP contribution is -2.47. The normalized spacial score (nSPS) is 13.3. The molecule has 0 saturated carbocycles. The van der Waals surface area contributed by atoms with Crippen molar-refractivity contribution in [2.45, 2.75) is 15.0 Å². The van der Waals surface area contributed by atoms with E-state index in [1.807, 2.05) is 0 Å². The third-order valence-corrected chi connectivity index (χ3v) is 3.98. The molecular weight excluding hydrogens is 282 g/mol. The van der Waals surface area contributed by atoms with Gasteiger partial charge in [-0.1, -0.05) is 53.5 Å². The van der Waals surface area contributed by atoms with E-state index in [4.69, 9.17) is 46.4 Å². The Morgan fingerprint density at radius 2 is 1.47 bits per heavy atom. The molecule has 0 heterocycles. The summed E-state index contributed by atoms with van der Waals surface area (Å²) in [6.45, 7) is 0. The van der Waals surface area contributed by atoms with Crippen molar-refractivity contribution in [3.05, 3.63) is 35.9 Å². The highest BCUT2D eigenvalue weighted by atomic mass is 35.5. The van der Waals surface area contributed by atoms with Crippen LogP contribution in [-0.4, -0.2) is 19.4 Å². The fourth-order valence-electron chi connectivity index (χ4n) is 1.02. The van der Waals surface area contributed by atoms with Crippen LogP contribution in [0.5, 0.6) is 0 Å². The second-order valence-corrected chi connectivity index (χ2v) is 5.44. The lowest BCUT2D eigenvalue weighted by atomic mass is 10.0. The van der Waals surface area contributed by atoms with Gasteiger partial charge < -0.3 is 10.2 Å². The summed E-state index contributed by atoms with van der Waals surface area (Å²) in [6.07, 6.45) is 0. The molecule has 0 fully saturated rings. The van der Waals surface area contributed by atoms with Crippen LogP contribution in [0.25, 0.3) is 0 Å². The molecule has 0 amide bonds. The predicted octanol–water partition coefficient (Wildman–Crippen LogP) is 2.80. The molecule has 0 bridgehead atoms. The standard InChI is InChI=1S/C9H8Cl4O2/c10-7(11)8(12,13)9(14,15)6-4-2-1-3-5-6/h1-5,7,14-15H. The third kappa shape index (κ3) is 2.52. The molecule has 0 aliphatic heterocycles. The number of hydrogen-bond acceptors (Lipinski definition) is 2. The number of hydrogen-bond donors (Lipinski definition) is 2. The second-order valence-electron chi connectivity index (χ2n) is 2.96. The van der Waals surface area contributed by atoms with E-state index in [9.17, 15) is 10.2 Å². The van der Waals surface area contributed by atoms with E-state index in [0.717, 1.165) is 0 Å². The number of rotatable bonds is 3. The van der Waals surface area contributed by atoms with E-state index in [-0.39, 0.29) is 5.56 Å². The zero-order valence-electron chi connectivity index (χ0n) is 7.37. The first-order chi connectivity index (χ1) is 6.80. The summed E-state index contributed by atoms with van der Waals surface area (Å²) in [6, 6.07) is 7.84. The van der Waals surface area contributed by atoms with Gasteiger partial charge in [0, 0.05) is 5.56 Å². The average molecular weight is 290 g/mol. The van der Waals surface area contributed by atoms with Gasteiger partial charge >= 0.3 is 0 Å². The van der Waals surface area contributed by atoms with Crippen LogP contribution in [0.15, 0.2) is 30.3 Å². The Bertz CT molecular complexity index is 324. The van der Waals surface area contributed by atoms with Crippen LogP contribution < -0.4 is 0 Å². The van der Waals surface area contributed by atoms with Crippen molar-refractivity contribution in [1.29, 1.82) is 0 Å². The number of halogens is 4. The molecule has 0 radical (unpaired) electrons. The Kier molecular flexibility index (Phi) is 4.15. The van der Waals surface area contributed by atoms with Crippen LogP contribution in [0.1, 0.15) is 5.56 Å². The number of aliphatic hydroxyl groups is 2. The maximum Gasteiger partial charge on any atom is 0.226 e. The van der Waals surface area contributed by atoms with Gasteiger partial charge in [-0.3, -0.25) is 0 Å². The summed E-state index contributed by atoms with van der Waals surface area (Å²) >= 11 is 22.4. The van der Waals surface area contributed by atoms with Crippen molar-refractivity contribution in [2.75, 3.05) is 0 Å². The van der Waals surface area contributed by atoms with Crippen molar-refractivity contribution >= 4 is 46.4 Å². The zero-order valence-corrected chi connectivity index (χ0v) is 10.4. The third-order valence-electron chi connectivity index (χ3n) is 1.92. The van der Waals surface area contributed by atoms with Gasteiger partial charge in [-0.25, -0.2) is 0 Å². The highest BCUT2D eigenvalue weighted by molar-refractivity contribution is 6.60. The van der Waals surface area contributed by atoms with Gasteiger partial charge in [0.1, 0.15) is 4.84 Å². The van der Waals surface area contributed by atoms with E-state index < -0.39 is 15.0 Å². The van der Waals surface area contributed by atoms with Crippen molar-refractivity contribution in [1.82, 2.24) is 0 Å². The Morgan fingerprint density at radius 3 is 1.87 bits per heavy atom. The van der Waals surface area contributed by atoms with Crippen LogP contribution >= 0.6 is 46.4 Å². The van der Waals surface area contributed by atoms with E-state index in [1.54, 1.807) is 18.2 Å². The summed E-state index contributed by atoms with van der Waals surface area (Å²) in [5.74, 6) is -2.52. The van der Waals surface area contributed by atoms with Gasteiger partial charge in [-0.15, -0.1) is 23.2 Å². The largest absolute Gasteiger partial charge is 0.360 e. The summed E-state index contributed by atoms with van der Waals surface area (Å²) in [5.41, 5.74) is 0.112. The molecule has 0 aromatic heterocycles. The van der Waals surface area contributed by atoms with Crippen LogP contribution in [0, 0.1) is 0 Å². The monoisotopic (exact) mass is 288 g/mol. The molecule has 0 aliphatic carbocycles. The Balaban J connectivity index is 3.13. The minimum absolute atomic E-state index is 0.112. The van der Waals surface area contributed by atoms with Crippen molar-refractivity contribution in [2.24, 2.45) is 0 Å². The minimum Gasteiger partial charge on any atom is -0.360 e. The van der Waals surface area contributed by atoms with Crippen molar-refractivity contribution in [3.63, 3.8) is 0 Å². The van der Waals surface area contributed by atoms with E-state index in [2.05, 4.69) is 0 Å². The lowest BCUT2D eigenvalue weighted by Gasteiger charge is -2.34. The molecule has 2 nitrogen and oxygen atoms in total. The SMILES string of the molecule is OC(O)(c1ccccc1)C(Cl)(Cl)C(Cl)Cl. The average Bonchev–Trinajstić information content (AvgIpc) is 2.18. The minimum atomic E-state index is -2.52. The molecule has 0 saturated heterocycles. The van der Waals surface area contributed by atoms with Crippen molar-refractivity contribution in [3.8, 4) is 0 Å². The number of benzene rings is 1. The number of alkyl halides is 4. The predicted molar refractivity (Wildman–Crippen MR) is 62.5 cm³/mol. The summed E-state index contributed by atoms with van der Waals surface area (Å²) in [5, 5.41) is 19.6. The van der Waals surface area contributed by atoms with Gasteiger partial charge in [-0.05, 0) is 0 Å². The molecular formula is C9H8Cl4O2. The lowest BCUT2D eigenvalue weighted by molar-refractivity contribution is -0.178. The van der Waals surface area contributed by atoms with Gasteiger partial charge in [0.05, 0.1) is 0 Å². The van der Waals surface area contributed by atoms with Crippen LogP contribution in [-0.2, 0) is 5.79 Å². The fraction of sp³-hybridized carbons (Fsp3) is 0.333. The smallest absolute Gasteiger partial charge is 0.226 e. The Hall–Kier alpha value is 0.300. The highest BCUT2D eigenvalue weighted by Gasteiger charge is 2.53. The molecule has 1 aromatic carbocycles. The molecule has 84 valence electrons. The quantitative estimate of drug-likeness (QED) is 0.664. The van der Waals surface area contributed by atoms with Crippen LogP contribution in [0.3, 0.4) is 0 Å². The zero-order chi connectivity index (χ0) is 11.7. The van der Waals surface area contributed by atoms with Gasteiger partial charge in [0.25, 0.3) is 0 Å². The van der Waals surface area contributed by atoms with Crippen LogP contribution in [0.2, 0.25) is 0 Å². The highest BCUT2D eigenvalue weighted by Crippen LogP contribution is 2.45. The van der Waals surface area contributed by atoms with E-state index in [1.165, 1.54) is 12.1 Å². The summed E-state index contributed by atoms with van der Waals surface area (Å²) in [7, 11) is 0. The topological polar surface area (TPSA) is 40.5 Å². The Labute approximate surface area is 107 Å². The van der Waals surface area contributed by atoms with Crippen molar-refractivity contribution < 1.29 is 10.2 Å². The Morgan fingerprint density at radius 1 is 1.00 bits per heavy atom. The molecule has 1 rings (SSSR count). The molecule has 0 spiro atoms. The fourth-order valence-corrected chi connectivity index (χ4v) is 1.54. The molecule has 0 unspecified atom stereocenters. The van der Waals surface area contributed by atoms with Gasteiger partial charge in [-0.2, -0.15) is 0 Å². The molecule has 6 heteroatoms. The molecule has 15 heavy (non-hydrogen) atoms. The first kappa shape index (κ1) is 13.4. The first-order valence-electron chi connectivity index (χ1n) is 3.96. The molecule has 0 atom stereocenters. The summed E-state index contributed by atoms with van der Waals surface area (Å²) < 4.78 is -2.11. The maximum absolute atomic E-state index is 9.81. The second kappa shape index (κ2) is 4.66. The maximum atomic E-state index is 9.81. The van der Waals surface area contributed by atoms with E-state index in [0.29, 0.717) is 0 Å². The van der Waals surface area contributed by atoms with Gasteiger partial charge in [0.2, 0.25) is 10.1 Å². The van der Waals surface area contributed by atoms with Gasteiger partial charge in [0.15, 0.2) is 0 Å². The van der Waals surface area contributed by atoms with E-state index >= 15 is 0 Å². The summed E-state index contributed by atoms with van der Waals surface area (Å²) in [4.78, 5) is -1.35. The molecule has 2 N–H and O–H groups in total. The van der Waals surface area contributed by atoms with Crippen LogP contribution in [0.4, 0.5) is 0 Å². The molecule has 1 aromatic rings.